The maximum absolute atomic E-state index is 12.5. The third-order valence-electron chi connectivity index (χ3n) is 3.48. The summed E-state index contributed by atoms with van der Waals surface area (Å²) in [6.45, 7) is 0. The zero-order valence-corrected chi connectivity index (χ0v) is 15.0. The molecule has 0 amide bonds. The first-order valence-electron chi connectivity index (χ1n) is 6.19. The van der Waals surface area contributed by atoms with E-state index in [9.17, 15) is 32.7 Å². The normalized spacial score (nSPS) is 12.9. The number of carbonyl (C=O) groups is 2. The third-order valence-corrected chi connectivity index (χ3v) is 4.36. The summed E-state index contributed by atoms with van der Waals surface area (Å²) in [7, 11) is -4.99. The number of ketones is 2. The molecule has 10 heteroatoms. The summed E-state index contributed by atoms with van der Waals surface area (Å²) in [6.07, 6.45) is 0. The molecule has 0 aromatic heterocycles. The van der Waals surface area contributed by atoms with Crippen molar-refractivity contribution in [2.45, 2.75) is 4.90 Å². The van der Waals surface area contributed by atoms with Gasteiger partial charge in [-0.1, -0.05) is 18.2 Å². The van der Waals surface area contributed by atoms with Gasteiger partial charge >= 0.3 is 29.6 Å². The molecule has 0 bridgehead atoms. The summed E-state index contributed by atoms with van der Waals surface area (Å²) in [6, 6.07) is 6.68. The van der Waals surface area contributed by atoms with Gasteiger partial charge in [0, 0.05) is 17.2 Å². The average Bonchev–Trinajstić information content (AvgIpc) is 2.50. The summed E-state index contributed by atoms with van der Waals surface area (Å²) < 4.78 is 34.0. The van der Waals surface area contributed by atoms with Gasteiger partial charge in [0.2, 0.25) is 5.78 Å². The molecule has 8 nitrogen and oxygen atoms in total. The Hall–Kier alpha value is -1.91. The Labute approximate surface area is 157 Å². The fourth-order valence-electron chi connectivity index (χ4n) is 2.55. The van der Waals surface area contributed by atoms with E-state index in [2.05, 4.69) is 0 Å². The molecule has 0 atom stereocenters. The molecule has 0 saturated heterocycles. The maximum Gasteiger partial charge on any atom is 1.00 e. The summed E-state index contributed by atoms with van der Waals surface area (Å²) in [5.74, 6) is -1.78. The Balaban J connectivity index is 0.00000208. The van der Waals surface area contributed by atoms with Gasteiger partial charge in [0.1, 0.15) is 15.7 Å². The van der Waals surface area contributed by atoms with E-state index in [0.717, 1.165) is 24.3 Å². The number of nitro groups is 1. The molecule has 0 aliphatic heterocycles. The first-order valence-corrected chi connectivity index (χ1v) is 7.60. The largest absolute Gasteiger partial charge is 1.00 e. The summed E-state index contributed by atoms with van der Waals surface area (Å²) in [5.41, 5.74) is -2.14. The summed E-state index contributed by atoms with van der Waals surface area (Å²) >= 11 is 0. The molecule has 0 N–H and O–H groups in total. The van der Waals surface area contributed by atoms with Crippen molar-refractivity contribution in [2.75, 3.05) is 0 Å². The smallest absolute Gasteiger partial charge is 0.744 e. The molecule has 0 fully saturated rings. The second-order valence-electron chi connectivity index (χ2n) is 4.75. The van der Waals surface area contributed by atoms with Gasteiger partial charge in [0.15, 0.2) is 5.78 Å². The van der Waals surface area contributed by atoms with E-state index in [1.165, 1.54) is 12.1 Å². The first kappa shape index (κ1) is 18.4. The Morgan fingerprint density at radius 1 is 0.875 bits per heavy atom. The number of hydrogen-bond donors (Lipinski definition) is 0. The molecule has 1 aliphatic rings. The number of fused-ring (bicyclic) bond motifs is 2. The number of nitro benzene ring substituents is 1. The first-order chi connectivity index (χ1) is 10.7. The van der Waals surface area contributed by atoms with E-state index >= 15 is 0 Å². The van der Waals surface area contributed by atoms with Crippen LogP contribution in [-0.4, -0.2) is 29.5 Å². The van der Waals surface area contributed by atoms with E-state index in [4.69, 9.17) is 0 Å². The van der Waals surface area contributed by atoms with Crippen molar-refractivity contribution >= 4 is 27.4 Å². The van der Waals surface area contributed by atoms with Crippen molar-refractivity contribution < 1.29 is 57.0 Å². The van der Waals surface area contributed by atoms with E-state index in [0.29, 0.717) is 0 Å². The summed E-state index contributed by atoms with van der Waals surface area (Å²) in [4.78, 5) is 34.5. The van der Waals surface area contributed by atoms with Gasteiger partial charge in [-0.2, -0.15) is 0 Å². The molecule has 0 spiro atoms. The summed E-state index contributed by atoms with van der Waals surface area (Å²) in [5, 5.41) is 11.1. The van der Waals surface area contributed by atoms with Gasteiger partial charge in [-0.3, -0.25) is 19.7 Å². The fraction of sp³-hybridized carbons (Fsp3) is 0. The van der Waals surface area contributed by atoms with Crippen LogP contribution in [-0.2, 0) is 10.1 Å². The molecule has 2 aromatic carbocycles. The minimum Gasteiger partial charge on any atom is -0.744 e. The fourth-order valence-corrected chi connectivity index (χ4v) is 3.25. The predicted octanol–water partition coefficient (Wildman–Crippen LogP) is -1.72. The van der Waals surface area contributed by atoms with Gasteiger partial charge in [-0.05, 0) is 12.1 Å². The number of nitrogens with zero attached hydrogens (tertiary/aromatic N) is 1. The van der Waals surface area contributed by atoms with Crippen molar-refractivity contribution in [3.8, 4) is 0 Å². The van der Waals surface area contributed by atoms with Crippen molar-refractivity contribution in [1.82, 2.24) is 0 Å². The molecule has 3 rings (SSSR count). The molecule has 0 saturated carbocycles. The zero-order chi connectivity index (χ0) is 16.9. The molecule has 116 valence electrons. The Morgan fingerprint density at radius 2 is 1.38 bits per heavy atom. The van der Waals surface area contributed by atoms with Crippen molar-refractivity contribution in [3.63, 3.8) is 0 Å². The molecular weight excluding hydrogens is 349 g/mol. The maximum atomic E-state index is 12.5. The van der Waals surface area contributed by atoms with Crippen LogP contribution in [0.25, 0.3) is 0 Å². The Kier molecular flexibility index (Phi) is 4.75. The van der Waals surface area contributed by atoms with Crippen LogP contribution in [0.15, 0.2) is 41.3 Å². The molecule has 0 radical (unpaired) electrons. The van der Waals surface area contributed by atoms with Crippen LogP contribution < -0.4 is 29.6 Å². The number of hydrogen-bond acceptors (Lipinski definition) is 7. The van der Waals surface area contributed by atoms with Crippen LogP contribution in [0.1, 0.15) is 31.8 Å². The zero-order valence-electron chi connectivity index (χ0n) is 12.2. The van der Waals surface area contributed by atoms with Crippen molar-refractivity contribution in [2.24, 2.45) is 0 Å². The average molecular weight is 355 g/mol. The minimum atomic E-state index is -4.99. The molecule has 1 aliphatic carbocycles. The van der Waals surface area contributed by atoms with Gasteiger partial charge < -0.3 is 4.55 Å². The SMILES string of the molecule is O=C1c2cccc(S(=O)(=O)[O-])c2C(=O)c2cccc([N+](=O)[O-])c21.[Na+]. The Bertz CT molecular complexity index is 1010. The Morgan fingerprint density at radius 3 is 1.92 bits per heavy atom. The van der Waals surface area contributed by atoms with E-state index < -0.39 is 48.3 Å². The predicted molar refractivity (Wildman–Crippen MR) is 74.4 cm³/mol. The molecule has 2 aromatic rings. The van der Waals surface area contributed by atoms with Crippen LogP contribution >= 0.6 is 0 Å². The number of carbonyl (C=O) groups excluding carboxylic acids is 2. The second-order valence-corrected chi connectivity index (χ2v) is 6.10. The molecule has 0 heterocycles. The topological polar surface area (TPSA) is 134 Å². The van der Waals surface area contributed by atoms with Crippen LogP contribution in [0.3, 0.4) is 0 Å². The van der Waals surface area contributed by atoms with Gasteiger partial charge in [0.05, 0.1) is 15.4 Å². The van der Waals surface area contributed by atoms with Crippen LogP contribution in [0.4, 0.5) is 5.69 Å². The van der Waals surface area contributed by atoms with Gasteiger partial charge in [-0.25, -0.2) is 8.42 Å². The quantitative estimate of drug-likeness (QED) is 0.231. The van der Waals surface area contributed by atoms with E-state index in [1.54, 1.807) is 0 Å². The van der Waals surface area contributed by atoms with Crippen LogP contribution in [0.5, 0.6) is 0 Å². The number of benzene rings is 2. The van der Waals surface area contributed by atoms with Gasteiger partial charge in [-0.15, -0.1) is 0 Å². The van der Waals surface area contributed by atoms with E-state index in [-0.39, 0.29) is 40.7 Å². The van der Waals surface area contributed by atoms with Crippen molar-refractivity contribution in [1.29, 1.82) is 0 Å². The molecule has 24 heavy (non-hydrogen) atoms. The number of rotatable bonds is 2. The molecule has 0 unspecified atom stereocenters. The van der Waals surface area contributed by atoms with Gasteiger partial charge in [0.25, 0.3) is 5.69 Å². The van der Waals surface area contributed by atoms with E-state index in [1.807, 2.05) is 0 Å². The minimum absolute atomic E-state index is 0. The van der Waals surface area contributed by atoms with Crippen molar-refractivity contribution in [3.05, 3.63) is 68.8 Å². The second kappa shape index (κ2) is 6.19. The monoisotopic (exact) mass is 355 g/mol. The van der Waals surface area contributed by atoms with Crippen LogP contribution in [0.2, 0.25) is 0 Å². The third kappa shape index (κ3) is 2.70. The standard InChI is InChI=1S/C14H7NO7S.Na/c16-13-8-4-2-6-10(23(20,21)22)12(8)14(17)7-3-1-5-9(11(7)13)15(18)19;/h1-6H,(H,20,21,22);/q;+1/p-1. The van der Waals surface area contributed by atoms with Crippen LogP contribution in [0, 0.1) is 10.1 Å². The molecular formula is C14H6NNaO7S.